The largest absolute Gasteiger partial charge is 0.387 e. The first-order valence-corrected chi connectivity index (χ1v) is 10.5. The van der Waals surface area contributed by atoms with Gasteiger partial charge in [-0.15, -0.1) is 0 Å². The lowest BCUT2D eigenvalue weighted by atomic mass is 9.97. The van der Waals surface area contributed by atoms with Crippen LogP contribution < -0.4 is 5.32 Å². The lowest BCUT2D eigenvalue weighted by Crippen LogP contribution is -2.44. The number of nitrogens with one attached hydrogen (secondary N) is 1. The topological polar surface area (TPSA) is 86.7 Å². The quantitative estimate of drug-likeness (QED) is 0.754. The van der Waals surface area contributed by atoms with Crippen molar-refractivity contribution in [2.24, 2.45) is 5.92 Å². The third-order valence-corrected chi connectivity index (χ3v) is 6.64. The summed E-state index contributed by atoms with van der Waals surface area (Å²) in [6.45, 7) is 2.35. The molecular weight excluding hydrogens is 387 g/mol. The number of amides is 1. The Bertz CT molecular complexity index is 699. The third kappa shape index (κ3) is 5.56. The molecule has 1 aromatic rings. The van der Waals surface area contributed by atoms with E-state index in [0.717, 1.165) is 0 Å². The van der Waals surface area contributed by atoms with Crippen molar-refractivity contribution >= 4 is 39.1 Å². The highest BCUT2D eigenvalue weighted by atomic mass is 35.5. The molecule has 1 aliphatic rings. The maximum absolute atomic E-state index is 12.3. The van der Waals surface area contributed by atoms with Gasteiger partial charge in [-0.1, -0.05) is 23.2 Å². The van der Waals surface area contributed by atoms with Crippen molar-refractivity contribution in [1.29, 1.82) is 0 Å². The predicted molar refractivity (Wildman–Crippen MR) is 98.2 cm³/mol. The second-order valence-electron chi connectivity index (χ2n) is 6.04. The Labute approximate surface area is 158 Å². The number of sulfonamides is 1. The number of carbonyl (C=O) groups is 1. The summed E-state index contributed by atoms with van der Waals surface area (Å²) >= 11 is 11.8. The maximum Gasteiger partial charge on any atom is 0.223 e. The molecule has 0 bridgehead atoms. The number of hydrogen-bond acceptors (Lipinski definition) is 4. The van der Waals surface area contributed by atoms with Crippen LogP contribution in [0.1, 0.15) is 31.4 Å². The van der Waals surface area contributed by atoms with Crippen molar-refractivity contribution < 1.29 is 18.3 Å². The normalized spacial score (nSPS) is 18.1. The van der Waals surface area contributed by atoms with Crippen LogP contribution in [-0.2, 0) is 14.8 Å². The molecule has 1 fully saturated rings. The molecule has 9 heteroatoms. The highest BCUT2D eigenvalue weighted by molar-refractivity contribution is 7.89. The average molecular weight is 409 g/mol. The van der Waals surface area contributed by atoms with Gasteiger partial charge in [0.25, 0.3) is 0 Å². The fourth-order valence-electron chi connectivity index (χ4n) is 2.81. The molecule has 1 unspecified atom stereocenters. The Morgan fingerprint density at radius 1 is 1.28 bits per heavy atom. The van der Waals surface area contributed by atoms with Crippen LogP contribution in [0.5, 0.6) is 0 Å². The number of benzene rings is 1. The van der Waals surface area contributed by atoms with Gasteiger partial charge in [-0.3, -0.25) is 4.79 Å². The van der Waals surface area contributed by atoms with Gasteiger partial charge in [0.05, 0.1) is 11.9 Å². The molecule has 1 saturated heterocycles. The summed E-state index contributed by atoms with van der Waals surface area (Å²) in [6, 6.07) is 4.76. The predicted octanol–water partition coefficient (Wildman–Crippen LogP) is 2.20. The van der Waals surface area contributed by atoms with Gasteiger partial charge in [0.1, 0.15) is 0 Å². The summed E-state index contributed by atoms with van der Waals surface area (Å²) in [7, 11) is -3.20. The Hall–Kier alpha value is -0.860. The van der Waals surface area contributed by atoms with E-state index >= 15 is 0 Å². The van der Waals surface area contributed by atoms with Crippen molar-refractivity contribution in [3.8, 4) is 0 Å². The summed E-state index contributed by atoms with van der Waals surface area (Å²) in [4.78, 5) is 12.3. The maximum atomic E-state index is 12.3. The van der Waals surface area contributed by atoms with Gasteiger partial charge < -0.3 is 10.4 Å². The molecule has 2 rings (SSSR count). The van der Waals surface area contributed by atoms with Crippen LogP contribution >= 0.6 is 23.2 Å². The molecular formula is C16H22Cl2N2O4S. The standard InChI is InChI=1S/C16H22Cl2N2O4S/c1-2-25(23,24)20-5-3-11(4-6-20)16(22)19-10-15(21)12-7-13(17)9-14(18)8-12/h7-9,11,15,21H,2-6,10H2,1H3,(H,19,22). The Balaban J connectivity index is 1.85. The van der Waals surface area contributed by atoms with Crippen molar-refractivity contribution in [1.82, 2.24) is 9.62 Å². The van der Waals surface area contributed by atoms with Gasteiger partial charge in [0, 0.05) is 35.6 Å². The Morgan fingerprint density at radius 2 is 1.84 bits per heavy atom. The van der Waals surface area contributed by atoms with E-state index in [1.807, 2.05) is 0 Å². The zero-order chi connectivity index (χ0) is 18.6. The fraction of sp³-hybridized carbons (Fsp3) is 0.562. The van der Waals surface area contributed by atoms with E-state index in [0.29, 0.717) is 41.5 Å². The number of rotatable bonds is 6. The molecule has 1 aromatic carbocycles. The summed E-state index contributed by atoms with van der Waals surface area (Å²) in [5.41, 5.74) is 0.529. The van der Waals surface area contributed by atoms with Crippen molar-refractivity contribution in [2.75, 3.05) is 25.4 Å². The van der Waals surface area contributed by atoms with Crippen molar-refractivity contribution in [3.05, 3.63) is 33.8 Å². The molecule has 1 atom stereocenters. The van der Waals surface area contributed by atoms with Crippen molar-refractivity contribution in [2.45, 2.75) is 25.9 Å². The van der Waals surface area contributed by atoms with E-state index in [1.165, 1.54) is 4.31 Å². The molecule has 0 saturated carbocycles. The molecule has 0 radical (unpaired) electrons. The molecule has 1 amide bonds. The van der Waals surface area contributed by atoms with Gasteiger partial charge in [-0.25, -0.2) is 12.7 Å². The molecule has 1 heterocycles. The number of aliphatic hydroxyl groups excluding tert-OH is 1. The smallest absolute Gasteiger partial charge is 0.223 e. The van der Waals surface area contributed by atoms with E-state index in [1.54, 1.807) is 25.1 Å². The molecule has 0 aliphatic carbocycles. The van der Waals surface area contributed by atoms with E-state index in [9.17, 15) is 18.3 Å². The third-order valence-electron chi connectivity index (χ3n) is 4.32. The minimum Gasteiger partial charge on any atom is -0.387 e. The summed E-state index contributed by atoms with van der Waals surface area (Å²) < 4.78 is 25.1. The van der Waals surface area contributed by atoms with Gasteiger partial charge in [0.15, 0.2) is 0 Å². The zero-order valence-corrected chi connectivity index (χ0v) is 16.2. The molecule has 25 heavy (non-hydrogen) atoms. The minimum absolute atomic E-state index is 0.0446. The first-order chi connectivity index (χ1) is 11.7. The van der Waals surface area contributed by atoms with Gasteiger partial charge in [-0.05, 0) is 43.5 Å². The number of hydrogen-bond donors (Lipinski definition) is 2. The number of aliphatic hydroxyl groups is 1. The van der Waals surface area contributed by atoms with E-state index < -0.39 is 16.1 Å². The van der Waals surface area contributed by atoms with E-state index in [4.69, 9.17) is 23.2 Å². The Kier molecular flexibility index (Phi) is 7.10. The van der Waals surface area contributed by atoms with Gasteiger partial charge >= 0.3 is 0 Å². The van der Waals surface area contributed by atoms with Crippen LogP contribution in [0.25, 0.3) is 0 Å². The van der Waals surface area contributed by atoms with Gasteiger partial charge in [0.2, 0.25) is 15.9 Å². The lowest BCUT2D eigenvalue weighted by molar-refractivity contribution is -0.126. The molecule has 0 spiro atoms. The van der Waals surface area contributed by atoms with Crippen LogP contribution in [0.3, 0.4) is 0 Å². The fourth-order valence-corrected chi connectivity index (χ4v) is 4.48. The van der Waals surface area contributed by atoms with Crippen LogP contribution in [0, 0.1) is 5.92 Å². The van der Waals surface area contributed by atoms with Crippen LogP contribution in [-0.4, -0.2) is 49.1 Å². The summed E-state index contributed by atoms with van der Waals surface area (Å²) in [5, 5.41) is 13.7. The van der Waals surface area contributed by atoms with Crippen LogP contribution in [0.15, 0.2) is 18.2 Å². The molecule has 1 aliphatic heterocycles. The molecule has 0 aromatic heterocycles. The number of nitrogens with zero attached hydrogens (tertiary/aromatic N) is 1. The molecule has 6 nitrogen and oxygen atoms in total. The first kappa shape index (κ1) is 20.5. The first-order valence-electron chi connectivity index (χ1n) is 8.12. The second-order valence-corrected chi connectivity index (χ2v) is 9.17. The monoisotopic (exact) mass is 408 g/mol. The van der Waals surface area contributed by atoms with E-state index in [2.05, 4.69) is 5.32 Å². The lowest BCUT2D eigenvalue weighted by Gasteiger charge is -2.30. The van der Waals surface area contributed by atoms with Gasteiger partial charge in [-0.2, -0.15) is 0 Å². The SMILES string of the molecule is CCS(=O)(=O)N1CCC(C(=O)NCC(O)c2cc(Cl)cc(Cl)c2)CC1. The summed E-state index contributed by atoms with van der Waals surface area (Å²) in [6.07, 6.45) is 0.0367. The molecule has 2 N–H and O–H groups in total. The highest BCUT2D eigenvalue weighted by Crippen LogP contribution is 2.24. The number of carbonyl (C=O) groups excluding carboxylic acids is 1. The zero-order valence-electron chi connectivity index (χ0n) is 13.9. The highest BCUT2D eigenvalue weighted by Gasteiger charge is 2.30. The van der Waals surface area contributed by atoms with Crippen LogP contribution in [0.4, 0.5) is 0 Å². The van der Waals surface area contributed by atoms with E-state index in [-0.39, 0.29) is 24.1 Å². The molecule has 140 valence electrons. The second kappa shape index (κ2) is 8.68. The Morgan fingerprint density at radius 3 is 2.36 bits per heavy atom. The number of piperidine rings is 1. The van der Waals surface area contributed by atoms with Crippen molar-refractivity contribution in [3.63, 3.8) is 0 Å². The summed E-state index contributed by atoms with van der Waals surface area (Å²) in [5.74, 6) is -0.364. The average Bonchev–Trinajstić information content (AvgIpc) is 2.58. The van der Waals surface area contributed by atoms with Crippen LogP contribution in [0.2, 0.25) is 10.0 Å². The minimum atomic E-state index is -3.20. The number of halogens is 2.